The van der Waals surface area contributed by atoms with Gasteiger partial charge in [-0.05, 0) is 26.2 Å². The molecule has 0 fully saturated rings. The number of carbonyl (C=O) groups is 1. The highest BCUT2D eigenvalue weighted by Gasteiger charge is 2.17. The molecule has 0 aromatic heterocycles. The summed E-state index contributed by atoms with van der Waals surface area (Å²) in [6, 6.07) is 0. The van der Waals surface area contributed by atoms with E-state index in [0.717, 1.165) is 49.3 Å². The Labute approximate surface area is 109 Å². The van der Waals surface area contributed by atoms with Crippen molar-refractivity contribution in [2.75, 3.05) is 6.61 Å². The Morgan fingerprint density at radius 3 is 2.78 bits per heavy atom. The van der Waals surface area contributed by atoms with E-state index in [9.17, 15) is 4.79 Å². The predicted molar refractivity (Wildman–Crippen MR) is 71.2 cm³/mol. The van der Waals surface area contributed by atoms with Gasteiger partial charge in [0.25, 0.3) is 0 Å². The van der Waals surface area contributed by atoms with E-state index in [0.29, 0.717) is 0 Å². The lowest BCUT2D eigenvalue weighted by molar-refractivity contribution is -0.140. The van der Waals surface area contributed by atoms with Crippen molar-refractivity contribution >= 4 is 11.7 Å². The average molecular weight is 253 g/mol. The quantitative estimate of drug-likeness (QED) is 0.413. The number of ether oxygens (including phenoxy) is 1. The van der Waals surface area contributed by atoms with Gasteiger partial charge in [0.05, 0.1) is 12.3 Å². The van der Waals surface area contributed by atoms with Crippen LogP contribution in [-0.4, -0.2) is 18.3 Å². The Bertz CT molecular complexity index is 345. The van der Waals surface area contributed by atoms with Gasteiger partial charge in [-0.3, -0.25) is 0 Å². The summed E-state index contributed by atoms with van der Waals surface area (Å²) < 4.78 is 5.79. The zero-order chi connectivity index (χ0) is 13.4. The second kappa shape index (κ2) is 7.90. The van der Waals surface area contributed by atoms with Crippen LogP contribution >= 0.6 is 0 Å². The van der Waals surface area contributed by atoms with E-state index in [4.69, 9.17) is 9.57 Å². The van der Waals surface area contributed by atoms with Crippen LogP contribution in [0.5, 0.6) is 0 Å². The Morgan fingerprint density at radius 2 is 2.11 bits per heavy atom. The molecule has 0 unspecified atom stereocenters. The van der Waals surface area contributed by atoms with Gasteiger partial charge in [-0.25, -0.2) is 4.79 Å². The fourth-order valence-corrected chi connectivity index (χ4v) is 1.91. The Kier molecular flexibility index (Phi) is 6.47. The van der Waals surface area contributed by atoms with Crippen LogP contribution in [0.2, 0.25) is 0 Å². The molecule has 0 atom stereocenters. The van der Waals surface area contributed by atoms with Gasteiger partial charge in [0.1, 0.15) is 5.76 Å². The molecule has 102 valence electrons. The second-order valence-electron chi connectivity index (χ2n) is 4.58. The summed E-state index contributed by atoms with van der Waals surface area (Å²) in [7, 11) is 0. The first-order chi connectivity index (χ1) is 8.65. The molecule has 0 spiro atoms. The van der Waals surface area contributed by atoms with Gasteiger partial charge in [0.2, 0.25) is 0 Å². The summed E-state index contributed by atoms with van der Waals surface area (Å²) in [5.41, 5.74) is 1.86. The number of carbonyl (C=O) groups excluding carboxylic acids is 1. The molecule has 0 saturated heterocycles. The zero-order valence-electron chi connectivity index (χ0n) is 11.6. The van der Waals surface area contributed by atoms with Gasteiger partial charge in [-0.2, -0.15) is 0 Å². The minimum absolute atomic E-state index is 0.383. The molecule has 1 rings (SSSR count). The standard InChI is InChI=1S/C14H23NO3/c1-4-5-6-10-17-14-9-7-8-13(11(14)2)15-18-12(3)16/h4-10H2,1-3H3. The summed E-state index contributed by atoms with van der Waals surface area (Å²) >= 11 is 0. The Morgan fingerprint density at radius 1 is 1.33 bits per heavy atom. The summed E-state index contributed by atoms with van der Waals surface area (Å²) in [6.45, 7) is 6.28. The summed E-state index contributed by atoms with van der Waals surface area (Å²) in [5.74, 6) is 0.620. The maximum atomic E-state index is 10.7. The van der Waals surface area contributed by atoms with Gasteiger partial charge in [0.15, 0.2) is 0 Å². The zero-order valence-corrected chi connectivity index (χ0v) is 11.6. The average Bonchev–Trinajstić information content (AvgIpc) is 2.35. The number of oxime groups is 1. The lowest BCUT2D eigenvalue weighted by Gasteiger charge is -2.19. The molecule has 0 aliphatic heterocycles. The number of rotatable bonds is 6. The first kappa shape index (κ1) is 14.7. The monoisotopic (exact) mass is 253 g/mol. The number of nitrogens with zero attached hydrogens (tertiary/aromatic N) is 1. The molecule has 4 heteroatoms. The lowest BCUT2D eigenvalue weighted by Crippen LogP contribution is -2.13. The molecule has 0 amide bonds. The fourth-order valence-electron chi connectivity index (χ4n) is 1.91. The van der Waals surface area contributed by atoms with Gasteiger partial charge >= 0.3 is 5.97 Å². The molecule has 18 heavy (non-hydrogen) atoms. The normalized spacial score (nSPS) is 18.1. The SMILES string of the molecule is CCCCCOC1=C(C)C(=NOC(C)=O)CCC1. The minimum atomic E-state index is -0.383. The van der Waals surface area contributed by atoms with E-state index < -0.39 is 0 Å². The number of unbranched alkanes of at least 4 members (excludes halogenated alkanes) is 2. The highest BCUT2D eigenvalue weighted by atomic mass is 16.7. The van der Waals surface area contributed by atoms with Crippen LogP contribution in [0.3, 0.4) is 0 Å². The molecule has 0 heterocycles. The van der Waals surface area contributed by atoms with Gasteiger partial charge < -0.3 is 9.57 Å². The van der Waals surface area contributed by atoms with E-state index >= 15 is 0 Å². The second-order valence-corrected chi connectivity index (χ2v) is 4.58. The molecule has 0 N–H and O–H groups in total. The molecule has 4 nitrogen and oxygen atoms in total. The highest BCUT2D eigenvalue weighted by molar-refractivity contribution is 6.00. The first-order valence-corrected chi connectivity index (χ1v) is 6.72. The number of hydrogen-bond acceptors (Lipinski definition) is 4. The topological polar surface area (TPSA) is 47.9 Å². The fraction of sp³-hybridized carbons (Fsp3) is 0.714. The third-order valence-corrected chi connectivity index (χ3v) is 2.98. The molecular formula is C14H23NO3. The Hall–Kier alpha value is -1.32. The molecule has 0 aromatic rings. The first-order valence-electron chi connectivity index (χ1n) is 6.72. The van der Waals surface area contributed by atoms with Crippen LogP contribution in [-0.2, 0) is 14.4 Å². The van der Waals surface area contributed by atoms with Gasteiger partial charge in [-0.1, -0.05) is 24.9 Å². The van der Waals surface area contributed by atoms with Crippen LogP contribution in [0, 0.1) is 0 Å². The van der Waals surface area contributed by atoms with Crippen molar-refractivity contribution < 1.29 is 14.4 Å². The molecule has 1 aliphatic carbocycles. The van der Waals surface area contributed by atoms with Crippen molar-refractivity contribution in [3.05, 3.63) is 11.3 Å². The summed E-state index contributed by atoms with van der Waals surface area (Å²) in [4.78, 5) is 15.4. The number of hydrogen-bond donors (Lipinski definition) is 0. The number of allylic oxidation sites excluding steroid dienone is 2. The van der Waals surface area contributed by atoms with Crippen molar-refractivity contribution in [3.8, 4) is 0 Å². The summed E-state index contributed by atoms with van der Waals surface area (Å²) in [6.07, 6.45) is 6.28. The van der Waals surface area contributed by atoms with Gasteiger partial charge in [0, 0.05) is 18.9 Å². The molecule has 1 aliphatic rings. The minimum Gasteiger partial charge on any atom is -0.498 e. The van der Waals surface area contributed by atoms with Crippen LogP contribution in [0.25, 0.3) is 0 Å². The van der Waals surface area contributed by atoms with E-state index in [1.54, 1.807) is 0 Å². The van der Waals surface area contributed by atoms with Crippen molar-refractivity contribution in [2.45, 2.75) is 59.3 Å². The third-order valence-electron chi connectivity index (χ3n) is 2.98. The predicted octanol–water partition coefficient (Wildman–Crippen LogP) is 3.57. The molecule has 0 saturated carbocycles. The van der Waals surface area contributed by atoms with Crippen molar-refractivity contribution in [1.29, 1.82) is 0 Å². The van der Waals surface area contributed by atoms with Crippen LogP contribution in [0.4, 0.5) is 0 Å². The third kappa shape index (κ3) is 4.90. The summed E-state index contributed by atoms with van der Waals surface area (Å²) in [5, 5.41) is 3.89. The molecule has 0 aromatic carbocycles. The highest BCUT2D eigenvalue weighted by Crippen LogP contribution is 2.24. The lowest BCUT2D eigenvalue weighted by atomic mass is 9.97. The maximum Gasteiger partial charge on any atom is 0.331 e. The van der Waals surface area contributed by atoms with Crippen molar-refractivity contribution in [2.24, 2.45) is 5.16 Å². The molecular weight excluding hydrogens is 230 g/mol. The molecule has 0 bridgehead atoms. The molecule has 0 radical (unpaired) electrons. The smallest absolute Gasteiger partial charge is 0.331 e. The van der Waals surface area contributed by atoms with Crippen LogP contribution < -0.4 is 0 Å². The van der Waals surface area contributed by atoms with Crippen LogP contribution in [0.15, 0.2) is 16.5 Å². The van der Waals surface area contributed by atoms with Crippen LogP contribution in [0.1, 0.15) is 59.3 Å². The largest absolute Gasteiger partial charge is 0.498 e. The van der Waals surface area contributed by atoms with E-state index in [1.165, 1.54) is 19.8 Å². The van der Waals surface area contributed by atoms with Crippen molar-refractivity contribution in [3.63, 3.8) is 0 Å². The Balaban J connectivity index is 2.56. The maximum absolute atomic E-state index is 10.7. The van der Waals surface area contributed by atoms with Crippen molar-refractivity contribution in [1.82, 2.24) is 0 Å². The van der Waals surface area contributed by atoms with E-state index in [2.05, 4.69) is 12.1 Å². The van der Waals surface area contributed by atoms with E-state index in [1.807, 2.05) is 6.92 Å². The van der Waals surface area contributed by atoms with E-state index in [-0.39, 0.29) is 5.97 Å². The van der Waals surface area contributed by atoms with Gasteiger partial charge in [-0.15, -0.1) is 0 Å².